The molecule has 1 unspecified atom stereocenters. The maximum Gasteiger partial charge on any atom is 0.213 e. The highest BCUT2D eigenvalue weighted by Crippen LogP contribution is 2.31. The number of hydrogen-bond donors (Lipinski definition) is 3. The van der Waals surface area contributed by atoms with Gasteiger partial charge in [-0.05, 0) is 49.4 Å². The first kappa shape index (κ1) is 18.2. The lowest BCUT2D eigenvalue weighted by molar-refractivity contribution is 0.507. The zero-order chi connectivity index (χ0) is 17.1. The maximum absolute atomic E-state index is 12.2. The van der Waals surface area contributed by atoms with Gasteiger partial charge in [0.25, 0.3) is 0 Å². The number of sulfonamides is 2. The molecule has 0 radical (unpaired) electrons. The van der Waals surface area contributed by atoms with Gasteiger partial charge in [0.1, 0.15) is 0 Å². The molecule has 1 aliphatic rings. The Kier molecular flexibility index (Phi) is 5.66. The Morgan fingerprint density at radius 2 is 1.96 bits per heavy atom. The van der Waals surface area contributed by atoms with Gasteiger partial charge in [-0.2, -0.15) is 0 Å². The normalized spacial score (nSPS) is 18.6. The number of aryl methyl sites for hydroxylation is 1. The highest BCUT2D eigenvalue weighted by atomic mass is 32.2. The lowest BCUT2D eigenvalue weighted by Gasteiger charge is -2.26. The van der Waals surface area contributed by atoms with Crippen LogP contribution in [0.5, 0.6) is 0 Å². The SMILES string of the molecule is CCS(=O)(=O)NCCS(=O)(=O)NC1CCCc2cc(N)ccc21. The van der Waals surface area contributed by atoms with E-state index in [0.717, 1.165) is 30.4 Å². The molecule has 0 amide bonds. The monoisotopic (exact) mass is 361 g/mol. The third-order valence-corrected chi connectivity index (χ3v) is 6.67. The summed E-state index contributed by atoms with van der Waals surface area (Å²) in [4.78, 5) is 0. The number of anilines is 1. The summed E-state index contributed by atoms with van der Waals surface area (Å²) >= 11 is 0. The van der Waals surface area contributed by atoms with Crippen molar-refractivity contribution in [1.82, 2.24) is 9.44 Å². The zero-order valence-corrected chi connectivity index (χ0v) is 14.7. The fraction of sp³-hybridized carbons (Fsp3) is 0.571. The molecule has 2 rings (SSSR count). The fourth-order valence-corrected chi connectivity index (χ4v) is 4.58. The van der Waals surface area contributed by atoms with E-state index in [9.17, 15) is 16.8 Å². The summed E-state index contributed by atoms with van der Waals surface area (Å²) in [5.74, 6) is -0.356. The van der Waals surface area contributed by atoms with Crippen molar-refractivity contribution in [2.45, 2.75) is 32.2 Å². The summed E-state index contributed by atoms with van der Waals surface area (Å²) in [5.41, 5.74) is 8.45. The lowest BCUT2D eigenvalue weighted by Crippen LogP contribution is -2.37. The number of nitrogens with two attached hydrogens (primary N) is 1. The number of nitrogen functional groups attached to an aromatic ring is 1. The smallest absolute Gasteiger partial charge is 0.213 e. The molecule has 0 saturated heterocycles. The quantitative estimate of drug-likeness (QED) is 0.611. The highest BCUT2D eigenvalue weighted by Gasteiger charge is 2.24. The summed E-state index contributed by atoms with van der Waals surface area (Å²) in [6.07, 6.45) is 2.48. The van der Waals surface area contributed by atoms with Crippen LogP contribution in [-0.2, 0) is 26.5 Å². The van der Waals surface area contributed by atoms with Crippen molar-refractivity contribution in [1.29, 1.82) is 0 Å². The van der Waals surface area contributed by atoms with E-state index in [1.807, 2.05) is 12.1 Å². The molecule has 7 nitrogen and oxygen atoms in total. The molecule has 0 heterocycles. The molecule has 0 spiro atoms. The summed E-state index contributed by atoms with van der Waals surface area (Å²) in [5, 5.41) is 0. The molecule has 1 aliphatic carbocycles. The van der Waals surface area contributed by atoms with E-state index >= 15 is 0 Å². The largest absolute Gasteiger partial charge is 0.399 e. The van der Waals surface area contributed by atoms with Crippen molar-refractivity contribution in [3.05, 3.63) is 29.3 Å². The predicted molar refractivity (Wildman–Crippen MR) is 90.9 cm³/mol. The maximum atomic E-state index is 12.2. The van der Waals surface area contributed by atoms with Crippen LogP contribution in [0, 0.1) is 0 Å². The van der Waals surface area contributed by atoms with Crippen LogP contribution in [-0.4, -0.2) is 34.9 Å². The molecular formula is C14H23N3O4S2. The van der Waals surface area contributed by atoms with Crippen LogP contribution in [0.3, 0.4) is 0 Å². The van der Waals surface area contributed by atoms with E-state index in [2.05, 4.69) is 9.44 Å². The molecule has 1 aromatic rings. The standard InChI is InChI=1S/C14H23N3O4S2/c1-2-22(18,19)16-8-9-23(20,21)17-14-5-3-4-11-10-12(15)6-7-13(11)14/h6-7,10,14,16-17H,2-5,8-9,15H2,1H3. The van der Waals surface area contributed by atoms with Crippen molar-refractivity contribution in [2.75, 3.05) is 23.8 Å². The molecule has 9 heteroatoms. The second-order valence-corrected chi connectivity index (χ2v) is 9.61. The van der Waals surface area contributed by atoms with Gasteiger partial charge in [-0.1, -0.05) is 6.07 Å². The number of hydrogen-bond acceptors (Lipinski definition) is 5. The molecule has 0 bridgehead atoms. The van der Waals surface area contributed by atoms with E-state index in [1.165, 1.54) is 6.92 Å². The van der Waals surface area contributed by atoms with Gasteiger partial charge >= 0.3 is 0 Å². The second-order valence-electron chi connectivity index (χ2n) is 5.64. The molecule has 0 fully saturated rings. The Balaban J connectivity index is 2.02. The average molecular weight is 361 g/mol. The Labute approximate surface area is 137 Å². The molecular weight excluding hydrogens is 338 g/mol. The van der Waals surface area contributed by atoms with Crippen molar-refractivity contribution in [3.63, 3.8) is 0 Å². The molecule has 23 heavy (non-hydrogen) atoms. The summed E-state index contributed by atoms with van der Waals surface area (Å²) in [6.45, 7) is 1.37. The van der Waals surface area contributed by atoms with Gasteiger partial charge in [0.15, 0.2) is 0 Å². The van der Waals surface area contributed by atoms with Gasteiger partial charge in [-0.15, -0.1) is 0 Å². The minimum Gasteiger partial charge on any atom is -0.399 e. The van der Waals surface area contributed by atoms with Crippen LogP contribution in [0.15, 0.2) is 18.2 Å². The lowest BCUT2D eigenvalue weighted by atomic mass is 9.88. The van der Waals surface area contributed by atoms with Crippen LogP contribution in [0.1, 0.15) is 36.9 Å². The average Bonchev–Trinajstić information content (AvgIpc) is 2.46. The number of nitrogens with one attached hydrogen (secondary N) is 2. The van der Waals surface area contributed by atoms with E-state index in [0.29, 0.717) is 5.69 Å². The first-order valence-corrected chi connectivity index (χ1v) is 10.9. The summed E-state index contributed by atoms with van der Waals surface area (Å²) in [6, 6.07) is 5.22. The first-order valence-electron chi connectivity index (χ1n) is 7.58. The van der Waals surface area contributed by atoms with Gasteiger partial charge in [0.2, 0.25) is 20.0 Å². The van der Waals surface area contributed by atoms with Gasteiger partial charge in [0.05, 0.1) is 11.5 Å². The highest BCUT2D eigenvalue weighted by molar-refractivity contribution is 7.90. The van der Waals surface area contributed by atoms with Crippen molar-refractivity contribution in [3.8, 4) is 0 Å². The Bertz CT molecular complexity index is 760. The molecule has 1 aromatic carbocycles. The fourth-order valence-electron chi connectivity index (χ4n) is 2.67. The first-order chi connectivity index (χ1) is 10.7. The molecule has 1 atom stereocenters. The van der Waals surface area contributed by atoms with Crippen LogP contribution >= 0.6 is 0 Å². The minimum atomic E-state index is -3.57. The topological polar surface area (TPSA) is 118 Å². The van der Waals surface area contributed by atoms with Gasteiger partial charge in [0, 0.05) is 18.3 Å². The molecule has 4 N–H and O–H groups in total. The number of fused-ring (bicyclic) bond motifs is 1. The van der Waals surface area contributed by atoms with Crippen LogP contribution < -0.4 is 15.2 Å². The molecule has 130 valence electrons. The summed E-state index contributed by atoms with van der Waals surface area (Å²) < 4.78 is 52.0. The van der Waals surface area contributed by atoms with Gasteiger partial charge in [-0.3, -0.25) is 0 Å². The Morgan fingerprint density at radius 3 is 2.65 bits per heavy atom. The number of benzene rings is 1. The van der Waals surface area contributed by atoms with Gasteiger partial charge < -0.3 is 5.73 Å². The van der Waals surface area contributed by atoms with E-state index in [1.54, 1.807) is 6.07 Å². The van der Waals surface area contributed by atoms with Crippen LogP contribution in [0.4, 0.5) is 5.69 Å². The van der Waals surface area contributed by atoms with Crippen LogP contribution in [0.2, 0.25) is 0 Å². The van der Waals surface area contributed by atoms with E-state index in [4.69, 9.17) is 5.73 Å². The third-order valence-electron chi connectivity index (χ3n) is 3.88. The van der Waals surface area contributed by atoms with E-state index in [-0.39, 0.29) is 24.1 Å². The Morgan fingerprint density at radius 1 is 1.22 bits per heavy atom. The van der Waals surface area contributed by atoms with Crippen molar-refractivity contribution in [2.24, 2.45) is 0 Å². The predicted octanol–water partition coefficient (Wildman–Crippen LogP) is 0.505. The van der Waals surface area contributed by atoms with Crippen LogP contribution in [0.25, 0.3) is 0 Å². The van der Waals surface area contributed by atoms with Crippen molar-refractivity contribution < 1.29 is 16.8 Å². The third kappa shape index (κ3) is 5.17. The van der Waals surface area contributed by atoms with Crippen molar-refractivity contribution >= 4 is 25.7 Å². The minimum absolute atomic E-state index is 0.0715. The van der Waals surface area contributed by atoms with Gasteiger partial charge in [-0.25, -0.2) is 26.3 Å². The second kappa shape index (κ2) is 7.16. The number of rotatable bonds is 7. The molecule has 0 aromatic heterocycles. The molecule has 0 aliphatic heterocycles. The summed E-state index contributed by atoms with van der Waals surface area (Å²) in [7, 11) is -6.96. The Hall–Kier alpha value is -1.16. The van der Waals surface area contributed by atoms with E-state index < -0.39 is 20.0 Å². The molecule has 0 saturated carbocycles. The zero-order valence-electron chi connectivity index (χ0n) is 13.1.